The molecule has 0 aliphatic carbocycles. The fourth-order valence-corrected chi connectivity index (χ4v) is 6.20. The quantitative estimate of drug-likeness (QED) is 0.816. The number of nitrogens with one attached hydrogen (secondary N) is 1. The maximum absolute atomic E-state index is 13.0. The van der Waals surface area contributed by atoms with Gasteiger partial charge in [-0.25, -0.2) is 8.42 Å². The SMILES string of the molecule is CCc1cccc(CC)c1NC(=O)C1CCCN1S(=O)(=O)c1cccs1. The van der Waals surface area contributed by atoms with Crippen LogP contribution in [0, 0.1) is 0 Å². The van der Waals surface area contributed by atoms with E-state index in [-0.39, 0.29) is 5.91 Å². The van der Waals surface area contributed by atoms with Gasteiger partial charge in [-0.2, -0.15) is 4.31 Å². The lowest BCUT2D eigenvalue weighted by Crippen LogP contribution is -2.43. The van der Waals surface area contributed by atoms with Crippen molar-refractivity contribution in [3.05, 3.63) is 46.8 Å². The Kier molecular flexibility index (Phi) is 5.79. The molecule has 1 N–H and O–H groups in total. The van der Waals surface area contributed by atoms with Gasteiger partial charge in [0.1, 0.15) is 10.3 Å². The topological polar surface area (TPSA) is 66.5 Å². The minimum atomic E-state index is -3.62. The van der Waals surface area contributed by atoms with Crippen LogP contribution < -0.4 is 5.32 Å². The number of sulfonamides is 1. The maximum atomic E-state index is 13.0. The highest BCUT2D eigenvalue weighted by molar-refractivity contribution is 7.91. The van der Waals surface area contributed by atoms with Crippen molar-refractivity contribution in [2.24, 2.45) is 0 Å². The van der Waals surface area contributed by atoms with Gasteiger partial charge in [0, 0.05) is 12.2 Å². The number of rotatable bonds is 6. The number of aryl methyl sites for hydroxylation is 2. The van der Waals surface area contributed by atoms with Gasteiger partial charge in [-0.3, -0.25) is 4.79 Å². The number of nitrogens with zero attached hydrogens (tertiary/aromatic N) is 1. The van der Waals surface area contributed by atoms with Crippen LogP contribution in [-0.4, -0.2) is 31.2 Å². The van der Waals surface area contributed by atoms with Crippen LogP contribution in [0.2, 0.25) is 0 Å². The second-order valence-corrected chi connectivity index (χ2v) is 9.42. The lowest BCUT2D eigenvalue weighted by atomic mass is 10.0. The molecule has 1 atom stereocenters. The van der Waals surface area contributed by atoms with Gasteiger partial charge in [0.25, 0.3) is 10.0 Å². The lowest BCUT2D eigenvalue weighted by molar-refractivity contribution is -0.119. The van der Waals surface area contributed by atoms with E-state index in [4.69, 9.17) is 0 Å². The van der Waals surface area contributed by atoms with E-state index in [0.717, 1.165) is 29.7 Å². The lowest BCUT2D eigenvalue weighted by Gasteiger charge is -2.24. The van der Waals surface area contributed by atoms with Crippen LogP contribution in [0.3, 0.4) is 0 Å². The molecule has 7 heteroatoms. The number of carbonyl (C=O) groups is 1. The zero-order valence-electron chi connectivity index (χ0n) is 15.1. The van der Waals surface area contributed by atoms with E-state index in [2.05, 4.69) is 5.32 Å². The van der Waals surface area contributed by atoms with Crippen molar-refractivity contribution in [3.63, 3.8) is 0 Å². The summed E-state index contributed by atoms with van der Waals surface area (Å²) in [5.74, 6) is -0.238. The number of hydrogen-bond acceptors (Lipinski definition) is 4. The van der Waals surface area contributed by atoms with Crippen molar-refractivity contribution < 1.29 is 13.2 Å². The Labute approximate surface area is 159 Å². The van der Waals surface area contributed by atoms with Crippen molar-refractivity contribution in [2.45, 2.75) is 49.8 Å². The second-order valence-electron chi connectivity index (χ2n) is 6.35. The molecule has 1 amide bonds. The molecule has 1 aliphatic heterocycles. The largest absolute Gasteiger partial charge is 0.324 e. The number of benzene rings is 1. The molecule has 1 aromatic carbocycles. The molecule has 3 rings (SSSR count). The number of hydrogen-bond donors (Lipinski definition) is 1. The van der Waals surface area contributed by atoms with Crippen molar-refractivity contribution in [3.8, 4) is 0 Å². The molecular weight excluding hydrogens is 368 g/mol. The monoisotopic (exact) mass is 392 g/mol. The Bertz CT molecular complexity index is 854. The normalized spacial score (nSPS) is 18.2. The minimum Gasteiger partial charge on any atom is -0.324 e. The van der Waals surface area contributed by atoms with Crippen LogP contribution in [0.25, 0.3) is 0 Å². The molecule has 1 fully saturated rings. The van der Waals surface area contributed by atoms with Crippen LogP contribution in [0.4, 0.5) is 5.69 Å². The standard InChI is InChI=1S/C19H24N2O3S2/c1-3-14-8-5-9-15(4-2)18(14)20-19(22)16-10-6-12-21(16)26(23,24)17-11-7-13-25-17/h5,7-9,11,13,16H,3-4,6,10,12H2,1-2H3,(H,20,22). The Morgan fingerprint density at radius 3 is 2.46 bits per heavy atom. The van der Waals surface area contributed by atoms with E-state index in [1.165, 1.54) is 15.6 Å². The summed E-state index contributed by atoms with van der Waals surface area (Å²) < 4.78 is 27.4. The van der Waals surface area contributed by atoms with Gasteiger partial charge in [0.05, 0.1) is 0 Å². The summed E-state index contributed by atoms with van der Waals surface area (Å²) in [5, 5.41) is 4.77. The third-order valence-corrected chi connectivity index (χ3v) is 8.09. The fraction of sp³-hybridized carbons (Fsp3) is 0.421. The molecule has 1 unspecified atom stereocenters. The molecule has 0 bridgehead atoms. The molecule has 1 aliphatic rings. The number of thiophene rings is 1. The first kappa shape index (κ1) is 19.1. The molecule has 2 aromatic rings. The highest BCUT2D eigenvalue weighted by atomic mass is 32.2. The van der Waals surface area contributed by atoms with Crippen LogP contribution >= 0.6 is 11.3 Å². The summed E-state index contributed by atoms with van der Waals surface area (Å²) in [4.78, 5) is 13.0. The summed E-state index contributed by atoms with van der Waals surface area (Å²) in [6.45, 7) is 4.48. The first-order valence-corrected chi connectivity index (χ1v) is 11.3. The Morgan fingerprint density at radius 1 is 1.19 bits per heavy atom. The van der Waals surface area contributed by atoms with Crippen LogP contribution in [-0.2, 0) is 27.7 Å². The van der Waals surface area contributed by atoms with E-state index >= 15 is 0 Å². The number of para-hydroxylation sites is 1. The molecule has 5 nitrogen and oxygen atoms in total. The van der Waals surface area contributed by atoms with Gasteiger partial charge in [-0.05, 0) is 48.3 Å². The molecule has 1 saturated heterocycles. The highest BCUT2D eigenvalue weighted by Gasteiger charge is 2.40. The first-order valence-electron chi connectivity index (χ1n) is 8.96. The van der Waals surface area contributed by atoms with Gasteiger partial charge in [-0.15, -0.1) is 11.3 Å². The van der Waals surface area contributed by atoms with E-state index in [1.54, 1.807) is 17.5 Å². The van der Waals surface area contributed by atoms with Gasteiger partial charge in [0.2, 0.25) is 5.91 Å². The average molecular weight is 393 g/mol. The van der Waals surface area contributed by atoms with Gasteiger partial charge in [0.15, 0.2) is 0 Å². The Balaban J connectivity index is 1.86. The smallest absolute Gasteiger partial charge is 0.253 e. The highest BCUT2D eigenvalue weighted by Crippen LogP contribution is 2.30. The molecule has 0 saturated carbocycles. The molecule has 0 spiro atoms. The van der Waals surface area contributed by atoms with E-state index in [0.29, 0.717) is 23.6 Å². The predicted octanol–water partition coefficient (Wildman–Crippen LogP) is 3.66. The van der Waals surface area contributed by atoms with Crippen LogP contribution in [0.1, 0.15) is 37.8 Å². The minimum absolute atomic E-state index is 0.238. The summed E-state index contributed by atoms with van der Waals surface area (Å²) in [6.07, 6.45) is 2.86. The van der Waals surface area contributed by atoms with Crippen LogP contribution in [0.15, 0.2) is 39.9 Å². The zero-order chi connectivity index (χ0) is 18.7. The van der Waals surface area contributed by atoms with E-state index < -0.39 is 16.1 Å². The maximum Gasteiger partial charge on any atom is 0.253 e. The number of amides is 1. The molecule has 26 heavy (non-hydrogen) atoms. The Morgan fingerprint density at radius 2 is 1.88 bits per heavy atom. The van der Waals surface area contributed by atoms with Gasteiger partial charge >= 0.3 is 0 Å². The summed E-state index contributed by atoms with van der Waals surface area (Å²) in [5.41, 5.74) is 2.98. The second kappa shape index (κ2) is 7.90. The van der Waals surface area contributed by atoms with Crippen LogP contribution in [0.5, 0.6) is 0 Å². The van der Waals surface area contributed by atoms with Gasteiger partial charge < -0.3 is 5.32 Å². The van der Waals surface area contributed by atoms with Crippen molar-refractivity contribution in [1.82, 2.24) is 4.31 Å². The summed E-state index contributed by atoms with van der Waals surface area (Å²) >= 11 is 1.19. The first-order chi connectivity index (χ1) is 12.5. The summed E-state index contributed by atoms with van der Waals surface area (Å²) in [7, 11) is -3.62. The Hall–Kier alpha value is -1.70. The molecular formula is C19H24N2O3S2. The molecule has 2 heterocycles. The van der Waals surface area contributed by atoms with E-state index in [1.807, 2.05) is 32.0 Å². The van der Waals surface area contributed by atoms with Gasteiger partial charge in [-0.1, -0.05) is 38.1 Å². The summed E-state index contributed by atoms with van der Waals surface area (Å²) in [6, 6.07) is 8.66. The zero-order valence-corrected chi connectivity index (χ0v) is 16.7. The molecule has 0 radical (unpaired) electrons. The predicted molar refractivity (Wildman–Crippen MR) is 105 cm³/mol. The number of carbonyl (C=O) groups excluding carboxylic acids is 1. The van der Waals surface area contributed by atoms with Crippen molar-refractivity contribution in [2.75, 3.05) is 11.9 Å². The fourth-order valence-electron chi connectivity index (χ4n) is 3.43. The molecule has 140 valence electrons. The van der Waals surface area contributed by atoms with Crippen molar-refractivity contribution >= 4 is 33.0 Å². The molecule has 1 aromatic heterocycles. The van der Waals surface area contributed by atoms with E-state index in [9.17, 15) is 13.2 Å². The third kappa shape index (κ3) is 3.56. The average Bonchev–Trinajstić information content (AvgIpc) is 3.33. The van der Waals surface area contributed by atoms with Crippen molar-refractivity contribution in [1.29, 1.82) is 0 Å². The third-order valence-electron chi connectivity index (χ3n) is 4.81. The number of anilines is 1.